The average Bonchev–Trinajstić information content (AvgIpc) is 2.41. The lowest BCUT2D eigenvalue weighted by molar-refractivity contribution is -0.132. The van der Waals surface area contributed by atoms with Crippen molar-refractivity contribution in [3.8, 4) is 0 Å². The molecule has 1 fully saturated rings. The summed E-state index contributed by atoms with van der Waals surface area (Å²) in [6.45, 7) is 1.64. The van der Waals surface area contributed by atoms with Crippen LogP contribution < -0.4 is 0 Å². The number of carbonyl (C=O) groups is 1. The molecule has 98 valence electrons. The zero-order valence-corrected chi connectivity index (χ0v) is 12.7. The first-order valence-electron chi connectivity index (χ1n) is 6.24. The van der Waals surface area contributed by atoms with E-state index in [-0.39, 0.29) is 5.91 Å². The smallest absolute Gasteiger partial charge is 0.226 e. The fourth-order valence-electron chi connectivity index (χ4n) is 2.23. The van der Waals surface area contributed by atoms with Crippen LogP contribution in [0.5, 0.6) is 0 Å². The lowest BCUT2D eigenvalue weighted by Crippen LogP contribution is -2.41. The molecule has 1 aliphatic rings. The van der Waals surface area contributed by atoms with Crippen molar-refractivity contribution in [2.45, 2.75) is 25.4 Å². The van der Waals surface area contributed by atoms with Gasteiger partial charge in [-0.1, -0.05) is 12.1 Å². The monoisotopic (exact) mass is 359 g/mol. The van der Waals surface area contributed by atoms with Gasteiger partial charge >= 0.3 is 0 Å². The van der Waals surface area contributed by atoms with E-state index in [0.29, 0.717) is 12.5 Å². The third-order valence-corrected chi connectivity index (χ3v) is 4.12. The average molecular weight is 359 g/mol. The molecule has 0 atom stereocenters. The summed E-state index contributed by atoms with van der Waals surface area (Å²) in [6, 6.07) is 8.14. The van der Waals surface area contributed by atoms with Crippen LogP contribution in [0.4, 0.5) is 0 Å². The molecule has 1 aliphatic heterocycles. The van der Waals surface area contributed by atoms with Crippen molar-refractivity contribution < 1.29 is 9.53 Å². The maximum Gasteiger partial charge on any atom is 0.226 e. The quantitative estimate of drug-likeness (QED) is 0.776. The second-order valence-corrected chi connectivity index (χ2v) is 5.86. The van der Waals surface area contributed by atoms with E-state index in [0.717, 1.165) is 31.5 Å². The molecule has 18 heavy (non-hydrogen) atoms. The van der Waals surface area contributed by atoms with E-state index in [4.69, 9.17) is 4.74 Å². The van der Waals surface area contributed by atoms with Gasteiger partial charge in [0, 0.05) is 23.8 Å². The second kappa shape index (κ2) is 6.52. The summed E-state index contributed by atoms with van der Waals surface area (Å²) in [5.41, 5.74) is 1.09. The van der Waals surface area contributed by atoms with E-state index < -0.39 is 0 Å². The van der Waals surface area contributed by atoms with Crippen molar-refractivity contribution in [1.82, 2.24) is 4.90 Å². The number of halogens is 1. The molecule has 0 spiro atoms. The van der Waals surface area contributed by atoms with E-state index in [1.807, 2.05) is 29.2 Å². The number of amides is 1. The number of hydrogen-bond donors (Lipinski definition) is 0. The molecule has 0 radical (unpaired) electrons. The lowest BCUT2D eigenvalue weighted by Gasteiger charge is -2.31. The summed E-state index contributed by atoms with van der Waals surface area (Å²) < 4.78 is 6.51. The molecule has 0 bridgehead atoms. The van der Waals surface area contributed by atoms with E-state index in [1.54, 1.807) is 7.11 Å². The van der Waals surface area contributed by atoms with Crippen LogP contribution in [0.25, 0.3) is 0 Å². The molecule has 0 N–H and O–H groups in total. The van der Waals surface area contributed by atoms with Gasteiger partial charge in [0.25, 0.3) is 0 Å². The summed E-state index contributed by atoms with van der Waals surface area (Å²) >= 11 is 2.27. The van der Waals surface area contributed by atoms with Crippen LogP contribution in [-0.2, 0) is 16.0 Å². The summed E-state index contributed by atoms with van der Waals surface area (Å²) in [5, 5.41) is 0. The molecule has 1 aromatic carbocycles. The predicted molar refractivity (Wildman–Crippen MR) is 79.5 cm³/mol. The Labute approximate surface area is 122 Å². The highest BCUT2D eigenvalue weighted by atomic mass is 127. The van der Waals surface area contributed by atoms with Crippen LogP contribution in [0.2, 0.25) is 0 Å². The van der Waals surface area contributed by atoms with Gasteiger partial charge in [-0.3, -0.25) is 4.79 Å². The Kier molecular flexibility index (Phi) is 5.00. The van der Waals surface area contributed by atoms with Gasteiger partial charge < -0.3 is 9.64 Å². The topological polar surface area (TPSA) is 29.5 Å². The molecule has 1 amide bonds. The molecule has 0 unspecified atom stereocenters. The van der Waals surface area contributed by atoms with Gasteiger partial charge in [-0.25, -0.2) is 0 Å². The Morgan fingerprint density at radius 2 is 1.94 bits per heavy atom. The highest BCUT2D eigenvalue weighted by Gasteiger charge is 2.22. The summed E-state index contributed by atoms with van der Waals surface area (Å²) in [4.78, 5) is 14.1. The third kappa shape index (κ3) is 3.68. The maximum atomic E-state index is 12.1. The molecular formula is C14H18INO2. The fraction of sp³-hybridized carbons (Fsp3) is 0.500. The highest BCUT2D eigenvalue weighted by molar-refractivity contribution is 14.1. The van der Waals surface area contributed by atoms with E-state index >= 15 is 0 Å². The predicted octanol–water partition coefficient (Wildman–Crippen LogP) is 2.47. The number of hydrogen-bond acceptors (Lipinski definition) is 2. The van der Waals surface area contributed by atoms with Crippen molar-refractivity contribution in [2.75, 3.05) is 20.2 Å². The van der Waals surface area contributed by atoms with E-state index in [1.165, 1.54) is 3.57 Å². The number of ether oxygens (including phenoxy) is 1. The number of benzene rings is 1. The molecule has 2 rings (SSSR count). The Hall–Kier alpha value is -0.620. The molecule has 1 heterocycles. The van der Waals surface area contributed by atoms with Gasteiger partial charge in [-0.2, -0.15) is 0 Å². The number of carbonyl (C=O) groups excluding carboxylic acids is 1. The number of piperidine rings is 1. The Balaban J connectivity index is 1.87. The van der Waals surface area contributed by atoms with Gasteiger partial charge in [0.15, 0.2) is 0 Å². The third-order valence-electron chi connectivity index (χ3n) is 3.40. The minimum absolute atomic E-state index is 0.228. The summed E-state index contributed by atoms with van der Waals surface area (Å²) in [6.07, 6.45) is 2.74. The Bertz CT molecular complexity index is 397. The Morgan fingerprint density at radius 3 is 2.50 bits per heavy atom. The van der Waals surface area contributed by atoms with Crippen molar-refractivity contribution in [1.29, 1.82) is 0 Å². The molecular weight excluding hydrogens is 341 g/mol. The fourth-order valence-corrected chi connectivity index (χ4v) is 2.59. The summed E-state index contributed by atoms with van der Waals surface area (Å²) in [7, 11) is 1.74. The molecule has 0 aromatic heterocycles. The first-order valence-corrected chi connectivity index (χ1v) is 7.32. The standard InChI is InChI=1S/C14H18INO2/c1-18-13-6-8-16(9-7-13)14(17)10-11-2-4-12(15)5-3-11/h2-5,13H,6-10H2,1H3. The highest BCUT2D eigenvalue weighted by Crippen LogP contribution is 2.15. The molecule has 0 saturated carbocycles. The van der Waals surface area contributed by atoms with Gasteiger partial charge in [-0.05, 0) is 53.1 Å². The minimum atomic E-state index is 0.228. The van der Waals surface area contributed by atoms with Crippen LogP contribution in [0.15, 0.2) is 24.3 Å². The van der Waals surface area contributed by atoms with E-state index in [9.17, 15) is 4.79 Å². The number of rotatable bonds is 3. The zero-order chi connectivity index (χ0) is 13.0. The van der Waals surface area contributed by atoms with Crippen molar-refractivity contribution in [3.63, 3.8) is 0 Å². The van der Waals surface area contributed by atoms with Gasteiger partial charge in [0.1, 0.15) is 0 Å². The van der Waals surface area contributed by atoms with Crippen LogP contribution in [-0.4, -0.2) is 37.1 Å². The second-order valence-electron chi connectivity index (χ2n) is 4.62. The molecule has 1 saturated heterocycles. The molecule has 1 aromatic rings. The molecule has 0 aliphatic carbocycles. The van der Waals surface area contributed by atoms with Crippen molar-refractivity contribution in [2.24, 2.45) is 0 Å². The number of nitrogens with zero attached hydrogens (tertiary/aromatic N) is 1. The van der Waals surface area contributed by atoms with Gasteiger partial charge in [0.05, 0.1) is 12.5 Å². The van der Waals surface area contributed by atoms with Crippen LogP contribution in [0, 0.1) is 3.57 Å². The van der Waals surface area contributed by atoms with Crippen LogP contribution >= 0.6 is 22.6 Å². The minimum Gasteiger partial charge on any atom is -0.381 e. The number of likely N-dealkylation sites (tertiary alicyclic amines) is 1. The van der Waals surface area contributed by atoms with Crippen molar-refractivity contribution >= 4 is 28.5 Å². The van der Waals surface area contributed by atoms with Gasteiger partial charge in [-0.15, -0.1) is 0 Å². The zero-order valence-electron chi connectivity index (χ0n) is 10.6. The Morgan fingerprint density at radius 1 is 1.33 bits per heavy atom. The van der Waals surface area contributed by atoms with Crippen LogP contribution in [0.3, 0.4) is 0 Å². The molecule has 4 heteroatoms. The SMILES string of the molecule is COC1CCN(C(=O)Cc2ccc(I)cc2)CC1. The van der Waals surface area contributed by atoms with Crippen LogP contribution in [0.1, 0.15) is 18.4 Å². The number of methoxy groups -OCH3 is 1. The van der Waals surface area contributed by atoms with Gasteiger partial charge in [0.2, 0.25) is 5.91 Å². The maximum absolute atomic E-state index is 12.1. The van der Waals surface area contributed by atoms with Crippen molar-refractivity contribution in [3.05, 3.63) is 33.4 Å². The first kappa shape index (κ1) is 13.8. The lowest BCUT2D eigenvalue weighted by atomic mass is 10.1. The first-order chi connectivity index (χ1) is 8.69. The summed E-state index contributed by atoms with van der Waals surface area (Å²) in [5.74, 6) is 0.228. The normalized spacial score (nSPS) is 16.9. The largest absolute Gasteiger partial charge is 0.381 e. The molecule has 3 nitrogen and oxygen atoms in total. The van der Waals surface area contributed by atoms with E-state index in [2.05, 4.69) is 22.6 Å².